The third-order valence-corrected chi connectivity index (χ3v) is 11.6. The van der Waals surface area contributed by atoms with E-state index in [9.17, 15) is 14.7 Å². The van der Waals surface area contributed by atoms with Crippen LogP contribution in [-0.2, 0) is 18.0 Å². The molecule has 8 nitrogen and oxygen atoms in total. The highest BCUT2D eigenvalue weighted by molar-refractivity contribution is 9.10. The molecule has 0 saturated carbocycles. The third-order valence-electron chi connectivity index (χ3n) is 10.6. The summed E-state index contributed by atoms with van der Waals surface area (Å²) in [7, 11) is 0. The Kier molecular flexibility index (Phi) is 14.7. The molecule has 0 saturated heterocycles. The van der Waals surface area contributed by atoms with Crippen LogP contribution in [0.2, 0.25) is 0 Å². The van der Waals surface area contributed by atoms with E-state index in [0.29, 0.717) is 25.4 Å². The number of carboxylic acids is 1. The third kappa shape index (κ3) is 10.9. The molecule has 0 unspecified atom stereocenters. The second kappa shape index (κ2) is 20.7. The second-order valence-electron chi connectivity index (χ2n) is 15.3. The van der Waals surface area contributed by atoms with Crippen molar-refractivity contribution < 1.29 is 28.9 Å². The number of hydrogen-bond acceptors (Lipinski definition) is 5. The van der Waals surface area contributed by atoms with Crippen LogP contribution >= 0.6 is 31.9 Å². The average molecular weight is 981 g/mol. The molecule has 0 aliphatic heterocycles. The number of benzene rings is 6. The van der Waals surface area contributed by atoms with Gasteiger partial charge in [-0.25, -0.2) is 9.59 Å². The number of carbonyl (C=O) groups excluding carboxylic acids is 1. The second-order valence-corrected chi connectivity index (χ2v) is 17.2. The fraction of sp³-hybridized carbons (Fsp3) is 0.148. The van der Waals surface area contributed by atoms with Crippen molar-refractivity contribution in [2.45, 2.75) is 47.8 Å². The number of aromatic carboxylic acids is 1. The van der Waals surface area contributed by atoms with Gasteiger partial charge in [0.1, 0.15) is 24.7 Å². The van der Waals surface area contributed by atoms with Crippen molar-refractivity contribution in [1.82, 2.24) is 9.13 Å². The Labute approximate surface area is 391 Å². The Hall–Kier alpha value is -6.62. The highest BCUT2D eigenvalue weighted by atomic mass is 79.9. The van der Waals surface area contributed by atoms with Crippen molar-refractivity contribution in [1.29, 1.82) is 0 Å². The molecule has 0 amide bonds. The molecular formula is C54H48Br2N2O6. The number of hydrogen-bond donors (Lipinski definition) is 1. The Balaban J connectivity index is 0.000000192. The predicted octanol–water partition coefficient (Wildman–Crippen LogP) is 14.1. The lowest BCUT2D eigenvalue weighted by atomic mass is 10.1. The van der Waals surface area contributed by atoms with E-state index < -0.39 is 5.97 Å². The van der Waals surface area contributed by atoms with Crippen molar-refractivity contribution in [3.05, 3.63) is 211 Å². The molecular weight excluding hydrogens is 932 g/mol. The van der Waals surface area contributed by atoms with Crippen molar-refractivity contribution in [2.24, 2.45) is 0 Å². The molecule has 10 heteroatoms. The molecule has 8 rings (SSSR count). The Bertz CT molecular complexity index is 2910. The van der Waals surface area contributed by atoms with Crippen LogP contribution in [0.4, 0.5) is 0 Å². The van der Waals surface area contributed by atoms with Gasteiger partial charge in [-0.3, -0.25) is 0 Å². The van der Waals surface area contributed by atoms with Gasteiger partial charge in [0.2, 0.25) is 0 Å². The average Bonchev–Trinajstić information content (AvgIpc) is 3.88. The minimum absolute atomic E-state index is 0.252. The van der Waals surface area contributed by atoms with E-state index >= 15 is 0 Å². The van der Waals surface area contributed by atoms with Gasteiger partial charge >= 0.3 is 11.9 Å². The number of rotatable bonds is 13. The van der Waals surface area contributed by atoms with Crippen LogP contribution in [0.1, 0.15) is 61.3 Å². The van der Waals surface area contributed by atoms with Crippen molar-refractivity contribution in [3.63, 3.8) is 0 Å². The Morgan fingerprint density at radius 1 is 0.531 bits per heavy atom. The number of aromatic nitrogens is 2. The van der Waals surface area contributed by atoms with Crippen molar-refractivity contribution >= 4 is 43.8 Å². The summed E-state index contributed by atoms with van der Waals surface area (Å²) in [5.41, 5.74) is 13.0. The predicted molar refractivity (Wildman–Crippen MR) is 261 cm³/mol. The highest BCUT2D eigenvalue weighted by Gasteiger charge is 2.18. The summed E-state index contributed by atoms with van der Waals surface area (Å²) >= 11 is 7.18. The molecule has 2 aromatic heterocycles. The summed E-state index contributed by atoms with van der Waals surface area (Å²) in [5.74, 6) is 0.283. The molecule has 1 N–H and O–H groups in total. The number of halogens is 2. The fourth-order valence-electron chi connectivity index (χ4n) is 7.29. The van der Waals surface area contributed by atoms with Gasteiger partial charge in [-0.15, -0.1) is 0 Å². The van der Waals surface area contributed by atoms with Gasteiger partial charge in [-0.2, -0.15) is 0 Å². The first kappa shape index (κ1) is 45.4. The molecule has 0 aliphatic carbocycles. The van der Waals surface area contributed by atoms with Crippen LogP contribution in [0.3, 0.4) is 0 Å². The summed E-state index contributed by atoms with van der Waals surface area (Å²) in [5, 5.41) is 9.40. The first-order valence-corrected chi connectivity index (χ1v) is 22.4. The van der Waals surface area contributed by atoms with E-state index in [2.05, 4.69) is 117 Å². The van der Waals surface area contributed by atoms with Gasteiger partial charge < -0.3 is 28.5 Å². The molecule has 64 heavy (non-hydrogen) atoms. The lowest BCUT2D eigenvalue weighted by Gasteiger charge is -2.17. The topological polar surface area (TPSA) is 91.9 Å². The van der Waals surface area contributed by atoms with Crippen molar-refractivity contribution in [3.8, 4) is 45.4 Å². The van der Waals surface area contributed by atoms with Gasteiger partial charge in [0.05, 0.1) is 29.1 Å². The molecule has 0 atom stereocenters. The summed E-state index contributed by atoms with van der Waals surface area (Å²) in [6.45, 7) is 11.3. The zero-order valence-electron chi connectivity index (χ0n) is 36.3. The molecule has 2 heterocycles. The maximum atomic E-state index is 12.3. The zero-order valence-corrected chi connectivity index (χ0v) is 39.4. The Morgan fingerprint density at radius 2 is 0.969 bits per heavy atom. The number of aryl methyl sites for hydroxylation is 4. The first-order chi connectivity index (χ1) is 30.9. The summed E-state index contributed by atoms with van der Waals surface area (Å²) in [4.78, 5) is 23.8. The van der Waals surface area contributed by atoms with Gasteiger partial charge in [-0.05, 0) is 143 Å². The normalized spacial score (nSPS) is 10.8. The van der Waals surface area contributed by atoms with Gasteiger partial charge in [-0.1, -0.05) is 104 Å². The number of carboxylic acid groups (broad SMARTS) is 1. The Morgan fingerprint density at radius 3 is 1.41 bits per heavy atom. The zero-order chi connectivity index (χ0) is 45.3. The largest absolute Gasteiger partial charge is 0.488 e. The maximum Gasteiger partial charge on any atom is 0.338 e. The minimum atomic E-state index is -0.946. The standard InChI is InChI=1S/C28H26BrNO3.C26H22BrNO3/c1-4-32-28(31)22-6-5-7-24(16-22)30-20(3)10-14-26(30)25-17-23(29)13-15-27(25)33-18-21-11-8-19(2)9-12-21;1-17-6-9-19(10-7-17)16-31-25-13-11-21(27)15-23(25)24-12-8-18(2)28(24)22-5-3-4-20(14-22)26(29)30/h5-17H,4,18H2,1-3H3;3-15H,16H2,1-2H3,(H,29,30). The molecule has 0 radical (unpaired) electrons. The van der Waals surface area contributed by atoms with E-state index in [0.717, 1.165) is 76.8 Å². The first-order valence-electron chi connectivity index (χ1n) is 20.8. The van der Waals surface area contributed by atoms with Crippen LogP contribution in [0.15, 0.2) is 167 Å². The molecule has 6 aromatic carbocycles. The van der Waals surface area contributed by atoms with E-state index in [1.807, 2.05) is 85.1 Å². The monoisotopic (exact) mass is 978 g/mol. The van der Waals surface area contributed by atoms with E-state index in [-0.39, 0.29) is 11.5 Å². The SMILES string of the molecule is CCOC(=O)c1cccc(-n2c(C)ccc2-c2cc(Br)ccc2OCc2ccc(C)cc2)c1.Cc1ccc(COc2ccc(Br)cc2-c2ccc(C)n2-c2cccc(C(=O)O)c2)cc1. The molecule has 8 aromatic rings. The molecule has 0 bridgehead atoms. The van der Waals surface area contributed by atoms with Gasteiger partial charge in [0.25, 0.3) is 0 Å². The minimum Gasteiger partial charge on any atom is -0.488 e. The van der Waals surface area contributed by atoms with Crippen LogP contribution in [0.5, 0.6) is 11.5 Å². The smallest absolute Gasteiger partial charge is 0.338 e. The lowest BCUT2D eigenvalue weighted by Crippen LogP contribution is -2.07. The fourth-order valence-corrected chi connectivity index (χ4v) is 8.02. The van der Waals surface area contributed by atoms with Gasteiger partial charge in [0, 0.05) is 42.8 Å². The van der Waals surface area contributed by atoms with Gasteiger partial charge in [0.15, 0.2) is 0 Å². The molecule has 0 spiro atoms. The highest BCUT2D eigenvalue weighted by Crippen LogP contribution is 2.38. The summed E-state index contributed by atoms with van der Waals surface area (Å²) in [6, 6.07) is 51.2. The van der Waals surface area contributed by atoms with Crippen LogP contribution in [0.25, 0.3) is 33.9 Å². The van der Waals surface area contributed by atoms with Crippen LogP contribution < -0.4 is 9.47 Å². The maximum absolute atomic E-state index is 12.3. The number of esters is 1. The van der Waals surface area contributed by atoms with Crippen LogP contribution in [-0.4, -0.2) is 32.8 Å². The number of nitrogens with zero attached hydrogens (tertiary/aromatic N) is 2. The number of ether oxygens (including phenoxy) is 3. The van der Waals surface area contributed by atoms with E-state index in [4.69, 9.17) is 14.2 Å². The number of carbonyl (C=O) groups is 2. The van der Waals surface area contributed by atoms with E-state index in [1.165, 1.54) is 11.1 Å². The molecule has 324 valence electrons. The molecule has 0 aliphatic rings. The summed E-state index contributed by atoms with van der Waals surface area (Å²) in [6.07, 6.45) is 0. The van der Waals surface area contributed by atoms with E-state index in [1.54, 1.807) is 31.2 Å². The quantitative estimate of drug-likeness (QED) is 0.116. The molecule has 0 fully saturated rings. The van der Waals surface area contributed by atoms with Crippen molar-refractivity contribution in [2.75, 3.05) is 6.61 Å². The lowest BCUT2D eigenvalue weighted by molar-refractivity contribution is 0.0525. The van der Waals surface area contributed by atoms with Crippen LogP contribution in [0, 0.1) is 27.7 Å². The summed E-state index contributed by atoms with van der Waals surface area (Å²) < 4.78 is 23.7.